The first-order chi connectivity index (χ1) is 6.22. The molecule has 0 fully saturated rings. The third kappa shape index (κ3) is 1.23. The Morgan fingerprint density at radius 1 is 1.38 bits per heavy atom. The third-order valence-corrected chi connectivity index (χ3v) is 3.21. The number of nitrogens with zero attached hydrogens (tertiary/aromatic N) is 1. The van der Waals surface area contributed by atoms with Crippen LogP contribution in [0.4, 0.5) is 0 Å². The van der Waals surface area contributed by atoms with Crippen molar-refractivity contribution in [3.05, 3.63) is 28.1 Å². The normalized spacial score (nSPS) is 12.6. The molecule has 1 heterocycles. The van der Waals surface area contributed by atoms with Crippen LogP contribution >= 0.6 is 11.3 Å². The highest BCUT2D eigenvalue weighted by atomic mass is 32.1. The van der Waals surface area contributed by atoms with E-state index in [-0.39, 0.29) is 0 Å². The lowest BCUT2D eigenvalue weighted by molar-refractivity contribution is 1.11. The van der Waals surface area contributed by atoms with E-state index in [0.717, 1.165) is 10.3 Å². The van der Waals surface area contributed by atoms with E-state index in [4.69, 9.17) is 5.84 Å². The highest BCUT2D eigenvalue weighted by Gasteiger charge is 2.02. The Bertz CT molecular complexity index is 507. The van der Waals surface area contributed by atoms with Gasteiger partial charge in [-0.3, -0.25) is 0 Å². The fourth-order valence-corrected chi connectivity index (χ4v) is 2.18. The molecule has 3 N–H and O–H groups in total. The monoisotopic (exact) mass is 193 g/mol. The van der Waals surface area contributed by atoms with Crippen molar-refractivity contribution < 1.29 is 0 Å². The summed E-state index contributed by atoms with van der Waals surface area (Å²) < 4.78 is 1.20. The summed E-state index contributed by atoms with van der Waals surface area (Å²) in [6, 6.07) is 4.20. The van der Waals surface area contributed by atoms with Gasteiger partial charge >= 0.3 is 0 Å². The number of fused-ring (bicyclic) bond motifs is 1. The lowest BCUT2D eigenvalue weighted by atomic mass is 10.1. The Balaban J connectivity index is 2.92. The molecule has 0 saturated carbocycles. The molecule has 0 bridgehead atoms. The predicted molar refractivity (Wildman–Crippen MR) is 55.4 cm³/mol. The van der Waals surface area contributed by atoms with Crippen molar-refractivity contribution in [2.75, 3.05) is 0 Å². The second-order valence-electron chi connectivity index (χ2n) is 3.04. The maximum Gasteiger partial charge on any atom is 0.205 e. The van der Waals surface area contributed by atoms with Gasteiger partial charge in [0.2, 0.25) is 4.80 Å². The van der Waals surface area contributed by atoms with Crippen molar-refractivity contribution in [2.45, 2.75) is 13.8 Å². The van der Waals surface area contributed by atoms with Crippen molar-refractivity contribution in [1.82, 2.24) is 4.98 Å². The minimum absolute atomic E-state index is 0.767. The van der Waals surface area contributed by atoms with Crippen LogP contribution in [0.1, 0.15) is 11.1 Å². The molecule has 1 aromatic heterocycles. The number of nitrogens with one attached hydrogen (secondary N) is 1. The maximum atomic E-state index is 5.21. The Kier molecular flexibility index (Phi) is 1.84. The summed E-state index contributed by atoms with van der Waals surface area (Å²) in [5.41, 5.74) is 3.70. The van der Waals surface area contributed by atoms with Gasteiger partial charge in [-0.25, -0.2) is 0 Å². The summed E-state index contributed by atoms with van der Waals surface area (Å²) in [5, 5.41) is 3.64. The first-order valence-corrected chi connectivity index (χ1v) is 4.87. The lowest BCUT2D eigenvalue weighted by Gasteiger charge is -1.98. The molecule has 0 spiro atoms. The van der Waals surface area contributed by atoms with Crippen molar-refractivity contribution in [2.24, 2.45) is 10.9 Å². The largest absolute Gasteiger partial charge is 0.329 e. The Morgan fingerprint density at radius 3 is 2.85 bits per heavy atom. The highest BCUT2D eigenvalue weighted by Crippen LogP contribution is 2.20. The van der Waals surface area contributed by atoms with Gasteiger partial charge in [-0.15, -0.1) is 0 Å². The molecular weight excluding hydrogens is 182 g/mol. The molecule has 0 aliphatic rings. The number of hydrogen-bond donors (Lipinski definition) is 2. The zero-order valence-electron chi connectivity index (χ0n) is 7.59. The molecule has 1 aromatic carbocycles. The molecule has 13 heavy (non-hydrogen) atoms. The van der Waals surface area contributed by atoms with Crippen LogP contribution < -0.4 is 10.6 Å². The van der Waals surface area contributed by atoms with Crippen LogP contribution in [0.25, 0.3) is 10.2 Å². The third-order valence-electron chi connectivity index (χ3n) is 2.25. The smallest absolute Gasteiger partial charge is 0.205 e. The zero-order chi connectivity index (χ0) is 9.42. The number of aromatic nitrogens is 1. The molecule has 0 unspecified atom stereocenters. The number of H-pyrrole nitrogens is 1. The van der Waals surface area contributed by atoms with Gasteiger partial charge in [0.15, 0.2) is 0 Å². The van der Waals surface area contributed by atoms with Crippen LogP contribution in [-0.4, -0.2) is 4.98 Å². The number of benzene rings is 1. The number of hydrogen-bond acceptors (Lipinski definition) is 3. The molecule has 3 nitrogen and oxygen atoms in total. The summed E-state index contributed by atoms with van der Waals surface area (Å²) in [6.45, 7) is 4.20. The Hall–Kier alpha value is -1.29. The number of aryl methyl sites for hydroxylation is 2. The lowest BCUT2D eigenvalue weighted by Crippen LogP contribution is -2.01. The fourth-order valence-electron chi connectivity index (χ4n) is 1.33. The van der Waals surface area contributed by atoms with E-state index < -0.39 is 0 Å². The van der Waals surface area contributed by atoms with E-state index in [0.29, 0.717) is 0 Å². The maximum absolute atomic E-state index is 5.21. The molecule has 0 aliphatic heterocycles. The molecule has 0 amide bonds. The van der Waals surface area contributed by atoms with Gasteiger partial charge in [-0.2, -0.15) is 5.10 Å². The molecule has 2 aromatic rings. The van der Waals surface area contributed by atoms with Gasteiger partial charge in [0.25, 0.3) is 0 Å². The molecule has 4 heteroatoms. The van der Waals surface area contributed by atoms with Crippen LogP contribution in [0.3, 0.4) is 0 Å². The molecule has 0 aliphatic carbocycles. The first kappa shape index (κ1) is 8.31. The van der Waals surface area contributed by atoms with E-state index >= 15 is 0 Å². The summed E-state index contributed by atoms with van der Waals surface area (Å²) in [7, 11) is 0. The van der Waals surface area contributed by atoms with Gasteiger partial charge in [-0.1, -0.05) is 17.4 Å². The summed E-state index contributed by atoms with van der Waals surface area (Å²) in [4.78, 5) is 3.95. The molecule has 0 atom stereocenters. The van der Waals surface area contributed by atoms with E-state index in [2.05, 4.69) is 36.1 Å². The second-order valence-corrected chi connectivity index (χ2v) is 4.07. The highest BCUT2D eigenvalue weighted by molar-refractivity contribution is 7.16. The number of rotatable bonds is 0. The van der Waals surface area contributed by atoms with Crippen LogP contribution in [-0.2, 0) is 0 Å². The fraction of sp³-hybridized carbons (Fsp3) is 0.222. The standard InChI is InChI=1S/C9H11N3S/c1-5-3-4-7-8(6(5)2)11-9(12-10)13-7/h3-4H,10H2,1-2H3,(H,11,12). The summed E-state index contributed by atoms with van der Waals surface area (Å²) >= 11 is 1.57. The van der Waals surface area contributed by atoms with Crippen LogP contribution in [0.5, 0.6) is 0 Å². The summed E-state index contributed by atoms with van der Waals surface area (Å²) in [6.07, 6.45) is 0. The predicted octanol–water partition coefficient (Wildman–Crippen LogP) is 1.62. The van der Waals surface area contributed by atoms with E-state index in [1.807, 2.05) is 0 Å². The van der Waals surface area contributed by atoms with Gasteiger partial charge in [0.1, 0.15) is 0 Å². The second kappa shape index (κ2) is 2.88. The van der Waals surface area contributed by atoms with Crippen LogP contribution in [0, 0.1) is 13.8 Å². The van der Waals surface area contributed by atoms with Gasteiger partial charge in [-0.05, 0) is 31.0 Å². The van der Waals surface area contributed by atoms with Crippen LogP contribution in [0.15, 0.2) is 17.2 Å². The SMILES string of the molecule is Cc1ccc2s/c(=N\N)[nH]c2c1C. The summed E-state index contributed by atoms with van der Waals surface area (Å²) in [5.74, 6) is 5.21. The topological polar surface area (TPSA) is 54.2 Å². The van der Waals surface area contributed by atoms with E-state index in [1.165, 1.54) is 15.8 Å². The molecule has 0 saturated heterocycles. The molecule has 0 radical (unpaired) electrons. The van der Waals surface area contributed by atoms with E-state index in [1.54, 1.807) is 11.3 Å². The zero-order valence-corrected chi connectivity index (χ0v) is 8.40. The quantitative estimate of drug-likeness (QED) is 0.485. The van der Waals surface area contributed by atoms with Gasteiger partial charge in [0, 0.05) is 0 Å². The minimum atomic E-state index is 0.767. The van der Waals surface area contributed by atoms with Gasteiger partial charge < -0.3 is 10.8 Å². The van der Waals surface area contributed by atoms with Crippen molar-refractivity contribution >= 4 is 21.6 Å². The Morgan fingerprint density at radius 2 is 2.15 bits per heavy atom. The van der Waals surface area contributed by atoms with E-state index in [9.17, 15) is 0 Å². The molecule has 2 rings (SSSR count). The minimum Gasteiger partial charge on any atom is -0.329 e. The number of aromatic amines is 1. The average molecular weight is 193 g/mol. The van der Waals surface area contributed by atoms with Crippen molar-refractivity contribution in [3.63, 3.8) is 0 Å². The van der Waals surface area contributed by atoms with Crippen molar-refractivity contribution in [3.8, 4) is 0 Å². The number of thiazole rings is 1. The van der Waals surface area contributed by atoms with Crippen LogP contribution in [0.2, 0.25) is 0 Å². The Labute approximate surface area is 79.9 Å². The average Bonchev–Trinajstić information content (AvgIpc) is 2.55. The first-order valence-electron chi connectivity index (χ1n) is 4.05. The molecular formula is C9H11N3S. The number of nitrogens with two attached hydrogens (primary N) is 1. The van der Waals surface area contributed by atoms with Crippen molar-refractivity contribution in [1.29, 1.82) is 0 Å². The molecule has 68 valence electrons. The van der Waals surface area contributed by atoms with Gasteiger partial charge in [0.05, 0.1) is 10.2 Å².